The Morgan fingerprint density at radius 2 is 1.08 bits per heavy atom. The van der Waals surface area contributed by atoms with Crippen molar-refractivity contribution in [3.05, 3.63) is 68.8 Å². The van der Waals surface area contributed by atoms with E-state index in [4.69, 9.17) is 0 Å². The van der Waals surface area contributed by atoms with Gasteiger partial charge in [0.2, 0.25) is 0 Å². The van der Waals surface area contributed by atoms with E-state index in [1.165, 1.54) is 27.8 Å². The van der Waals surface area contributed by atoms with E-state index in [0.29, 0.717) is 0 Å². The lowest BCUT2D eigenvalue weighted by atomic mass is 9.76. The van der Waals surface area contributed by atoms with Crippen LogP contribution in [0.4, 0.5) is 0 Å². The molecule has 2 rings (SSSR count). The van der Waals surface area contributed by atoms with Crippen LogP contribution in [0.3, 0.4) is 0 Å². The number of hydrogen-bond acceptors (Lipinski definition) is 1. The Bertz CT molecular complexity index is 735. The lowest BCUT2D eigenvalue weighted by Gasteiger charge is -2.26. The van der Waals surface area contributed by atoms with E-state index in [1.54, 1.807) is 0 Å². The van der Waals surface area contributed by atoms with Gasteiger partial charge >= 0.3 is 0 Å². The molecule has 0 aliphatic heterocycles. The molecule has 1 nitrogen and oxygen atoms in total. The summed E-state index contributed by atoms with van der Waals surface area (Å²) in [4.78, 5) is 13.5. The number of carbonyl (C=O) groups excluding carboxylic acids is 1. The molecule has 0 aliphatic rings. The second-order valence-corrected chi connectivity index (χ2v) is 7.67. The number of aryl methyl sites for hydroxylation is 6. The van der Waals surface area contributed by atoms with Gasteiger partial charge in [-0.25, -0.2) is 0 Å². The average Bonchev–Trinajstić information content (AvgIpc) is 2.40. The van der Waals surface area contributed by atoms with Gasteiger partial charge in [0.25, 0.3) is 0 Å². The lowest BCUT2D eigenvalue weighted by molar-refractivity contribution is 0.0936. The first-order valence-electron chi connectivity index (χ1n) is 8.83. The largest absolute Gasteiger partial charge is 0.293 e. The van der Waals surface area contributed by atoms with Crippen molar-refractivity contribution >= 4 is 5.78 Å². The molecule has 0 fully saturated rings. The number of hydrogen-bond donors (Lipinski definition) is 0. The van der Waals surface area contributed by atoms with Crippen LogP contribution in [-0.2, 0) is 0 Å². The maximum Gasteiger partial charge on any atom is 0.171 e. The van der Waals surface area contributed by atoms with Crippen LogP contribution in [0.5, 0.6) is 0 Å². The maximum atomic E-state index is 13.5. The van der Waals surface area contributed by atoms with Crippen molar-refractivity contribution in [1.82, 2.24) is 0 Å². The molecule has 2 aromatic carbocycles. The van der Waals surface area contributed by atoms with Gasteiger partial charge in [0.1, 0.15) is 0 Å². The quantitative estimate of drug-likeness (QED) is 0.616. The average molecular weight is 322 g/mol. The fourth-order valence-electron chi connectivity index (χ4n) is 4.17. The van der Waals surface area contributed by atoms with Crippen molar-refractivity contribution in [3.8, 4) is 0 Å². The van der Waals surface area contributed by atoms with Crippen LogP contribution in [0, 0.1) is 47.5 Å². The van der Waals surface area contributed by atoms with Gasteiger partial charge in [-0.3, -0.25) is 4.79 Å². The van der Waals surface area contributed by atoms with E-state index < -0.39 is 0 Å². The first-order chi connectivity index (χ1) is 11.1. The van der Waals surface area contributed by atoms with Gasteiger partial charge in [0.05, 0.1) is 5.92 Å². The van der Waals surface area contributed by atoms with E-state index in [1.807, 2.05) is 0 Å². The summed E-state index contributed by atoms with van der Waals surface area (Å²) in [5.74, 6) is 0.429. The predicted molar refractivity (Wildman–Crippen MR) is 103 cm³/mol. The second kappa shape index (κ2) is 6.93. The third kappa shape index (κ3) is 3.45. The molecule has 24 heavy (non-hydrogen) atoms. The standard InChI is InChI=1S/C23H30O/c1-13(2)20(21-16(5)9-14(3)10-17(21)6)23(24)22-18(7)11-15(4)12-19(22)8/h9-13,20H,1-8H3. The number of carbonyl (C=O) groups is 1. The molecule has 1 heteroatoms. The molecule has 0 spiro atoms. The number of Topliss-reactive ketones (excluding diaryl/α,β-unsaturated/α-hetero) is 1. The number of benzene rings is 2. The second-order valence-electron chi connectivity index (χ2n) is 7.67. The van der Waals surface area contributed by atoms with E-state index in [-0.39, 0.29) is 17.6 Å². The minimum atomic E-state index is -0.0919. The van der Waals surface area contributed by atoms with Gasteiger partial charge in [0, 0.05) is 5.56 Å². The van der Waals surface area contributed by atoms with Crippen molar-refractivity contribution in [2.45, 2.75) is 61.3 Å². The normalized spacial score (nSPS) is 12.5. The summed E-state index contributed by atoms with van der Waals surface area (Å²) in [6.07, 6.45) is 0. The molecular formula is C23H30O. The van der Waals surface area contributed by atoms with Crippen molar-refractivity contribution < 1.29 is 4.79 Å². The molecule has 0 saturated carbocycles. The van der Waals surface area contributed by atoms with Crippen LogP contribution >= 0.6 is 0 Å². The lowest BCUT2D eigenvalue weighted by Crippen LogP contribution is -2.22. The van der Waals surface area contributed by atoms with Gasteiger partial charge in [-0.05, 0) is 75.3 Å². The molecule has 2 aromatic rings. The monoisotopic (exact) mass is 322 g/mol. The summed E-state index contributed by atoms with van der Waals surface area (Å²) in [7, 11) is 0. The highest BCUT2D eigenvalue weighted by Crippen LogP contribution is 2.35. The topological polar surface area (TPSA) is 17.1 Å². The van der Waals surface area contributed by atoms with Crippen molar-refractivity contribution in [2.24, 2.45) is 5.92 Å². The Morgan fingerprint density at radius 3 is 1.46 bits per heavy atom. The molecule has 1 unspecified atom stereocenters. The summed E-state index contributed by atoms with van der Waals surface area (Å²) in [5, 5.41) is 0. The van der Waals surface area contributed by atoms with Crippen LogP contribution in [0.2, 0.25) is 0 Å². The SMILES string of the molecule is Cc1cc(C)c(C(=O)C(c2c(C)cc(C)cc2C)C(C)C)c(C)c1. The molecule has 0 saturated heterocycles. The van der Waals surface area contributed by atoms with E-state index in [0.717, 1.165) is 16.7 Å². The molecule has 128 valence electrons. The molecule has 0 radical (unpaired) electrons. The summed E-state index contributed by atoms with van der Waals surface area (Å²) in [6.45, 7) is 16.9. The third-order valence-electron chi connectivity index (χ3n) is 4.92. The molecule has 0 N–H and O–H groups in total. The molecule has 1 atom stereocenters. The summed E-state index contributed by atoms with van der Waals surface area (Å²) < 4.78 is 0. The maximum absolute atomic E-state index is 13.5. The molecule has 0 aliphatic carbocycles. The van der Waals surface area contributed by atoms with Crippen LogP contribution in [-0.4, -0.2) is 5.78 Å². The molecular weight excluding hydrogens is 292 g/mol. The highest BCUT2D eigenvalue weighted by atomic mass is 16.1. The number of ketones is 1. The van der Waals surface area contributed by atoms with Crippen LogP contribution in [0.25, 0.3) is 0 Å². The minimum Gasteiger partial charge on any atom is -0.293 e. The van der Waals surface area contributed by atoms with E-state index >= 15 is 0 Å². The summed E-state index contributed by atoms with van der Waals surface area (Å²) >= 11 is 0. The zero-order chi connectivity index (χ0) is 18.2. The first-order valence-corrected chi connectivity index (χ1v) is 8.83. The van der Waals surface area contributed by atoms with E-state index in [2.05, 4.69) is 79.7 Å². The van der Waals surface area contributed by atoms with E-state index in [9.17, 15) is 4.79 Å². The van der Waals surface area contributed by atoms with Gasteiger partial charge in [-0.15, -0.1) is 0 Å². The van der Waals surface area contributed by atoms with Crippen LogP contribution in [0.15, 0.2) is 24.3 Å². The minimum absolute atomic E-state index is 0.0919. The highest BCUT2D eigenvalue weighted by Gasteiger charge is 2.29. The molecule has 0 heterocycles. The van der Waals surface area contributed by atoms with Crippen molar-refractivity contribution in [3.63, 3.8) is 0 Å². The Hall–Kier alpha value is -1.89. The Balaban J connectivity index is 2.64. The Labute approximate surface area is 147 Å². The Morgan fingerprint density at radius 1 is 0.708 bits per heavy atom. The molecule has 0 bridgehead atoms. The first kappa shape index (κ1) is 18.4. The molecule has 0 aromatic heterocycles. The van der Waals surface area contributed by atoms with Crippen LogP contribution in [0.1, 0.15) is 69.1 Å². The fourth-order valence-corrected chi connectivity index (χ4v) is 4.17. The zero-order valence-electron chi connectivity index (χ0n) is 16.4. The Kier molecular flexibility index (Phi) is 5.32. The van der Waals surface area contributed by atoms with Gasteiger partial charge in [-0.2, -0.15) is 0 Å². The zero-order valence-corrected chi connectivity index (χ0v) is 16.4. The van der Waals surface area contributed by atoms with Gasteiger partial charge in [0.15, 0.2) is 5.78 Å². The predicted octanol–water partition coefficient (Wildman–Crippen LogP) is 6.16. The van der Waals surface area contributed by atoms with Crippen molar-refractivity contribution in [1.29, 1.82) is 0 Å². The fraction of sp³-hybridized carbons (Fsp3) is 0.435. The third-order valence-corrected chi connectivity index (χ3v) is 4.92. The van der Waals surface area contributed by atoms with Crippen molar-refractivity contribution in [2.75, 3.05) is 0 Å². The van der Waals surface area contributed by atoms with Gasteiger partial charge in [-0.1, -0.05) is 49.2 Å². The van der Waals surface area contributed by atoms with Gasteiger partial charge < -0.3 is 0 Å². The highest BCUT2D eigenvalue weighted by molar-refractivity contribution is 6.03. The summed E-state index contributed by atoms with van der Waals surface area (Å²) in [5.41, 5.74) is 9.20. The molecule has 0 amide bonds. The smallest absolute Gasteiger partial charge is 0.171 e. The van der Waals surface area contributed by atoms with Crippen LogP contribution < -0.4 is 0 Å². The summed E-state index contributed by atoms with van der Waals surface area (Å²) in [6, 6.07) is 8.62. The number of rotatable bonds is 4.